The summed E-state index contributed by atoms with van der Waals surface area (Å²) in [6, 6.07) is 8.88. The second kappa shape index (κ2) is 4.83. The number of benzene rings is 1. The van der Waals surface area contributed by atoms with Gasteiger partial charge in [0, 0.05) is 12.3 Å². The third kappa shape index (κ3) is 2.74. The molecule has 1 aromatic carbocycles. The first-order valence-corrected chi connectivity index (χ1v) is 8.18. The number of hydrogen-bond acceptors (Lipinski definition) is 4. The van der Waals surface area contributed by atoms with Gasteiger partial charge in [0.2, 0.25) is 0 Å². The molecule has 0 aliphatic heterocycles. The molecule has 0 radical (unpaired) electrons. The van der Waals surface area contributed by atoms with Crippen molar-refractivity contribution in [1.29, 1.82) is 0 Å². The summed E-state index contributed by atoms with van der Waals surface area (Å²) >= 11 is 0. The van der Waals surface area contributed by atoms with Gasteiger partial charge in [0.15, 0.2) is 0 Å². The summed E-state index contributed by atoms with van der Waals surface area (Å²) in [5.74, 6) is 0. The van der Waals surface area contributed by atoms with Gasteiger partial charge in [-0.2, -0.15) is 0 Å². The van der Waals surface area contributed by atoms with E-state index in [4.69, 9.17) is 8.54 Å². The molecule has 0 saturated carbocycles. The van der Waals surface area contributed by atoms with Gasteiger partial charge in [-0.25, -0.2) is 0 Å². The van der Waals surface area contributed by atoms with Crippen LogP contribution in [-0.2, 0) is 8.54 Å². The molecule has 0 aliphatic carbocycles. The van der Waals surface area contributed by atoms with Crippen molar-refractivity contribution in [2.24, 2.45) is 0 Å². The van der Waals surface area contributed by atoms with Crippen LogP contribution in [0.5, 0.6) is 0 Å². The minimum absolute atomic E-state index is 0.607. The number of rotatable bonds is 4. The average Bonchev–Trinajstić information content (AvgIpc) is 2.18. The van der Waals surface area contributed by atoms with Gasteiger partial charge < -0.3 is 18.1 Å². The van der Waals surface area contributed by atoms with Crippen LogP contribution in [-0.4, -0.2) is 34.8 Å². The topological polar surface area (TPSA) is 58.9 Å². The van der Waals surface area contributed by atoms with Gasteiger partial charge in [-0.05, 0) is 6.55 Å². The van der Waals surface area contributed by atoms with E-state index in [2.05, 4.69) is 0 Å². The SMILES string of the molecule is CO[Si](O)(O[SiH](C)O)c1ccccc1. The van der Waals surface area contributed by atoms with E-state index in [-0.39, 0.29) is 0 Å². The van der Waals surface area contributed by atoms with Crippen molar-refractivity contribution in [3.63, 3.8) is 0 Å². The molecule has 0 fully saturated rings. The fourth-order valence-corrected chi connectivity index (χ4v) is 4.74. The zero-order chi connectivity index (χ0) is 10.6. The lowest BCUT2D eigenvalue weighted by atomic mass is 10.4. The molecule has 2 N–H and O–H groups in total. The first kappa shape index (κ1) is 11.6. The maximum absolute atomic E-state index is 10.0. The third-order valence-electron chi connectivity index (χ3n) is 1.75. The molecule has 0 heterocycles. The molecule has 0 aromatic heterocycles. The molecule has 0 amide bonds. The Morgan fingerprint density at radius 2 is 1.86 bits per heavy atom. The zero-order valence-electron chi connectivity index (χ0n) is 8.18. The van der Waals surface area contributed by atoms with E-state index >= 15 is 0 Å². The Labute approximate surface area is 86.0 Å². The molecule has 78 valence electrons. The molecule has 0 bridgehead atoms. The van der Waals surface area contributed by atoms with E-state index in [9.17, 15) is 9.59 Å². The summed E-state index contributed by atoms with van der Waals surface area (Å²) in [6.45, 7) is 1.57. The molecule has 2 atom stereocenters. The largest absolute Gasteiger partial charge is 0.525 e. The van der Waals surface area contributed by atoms with Gasteiger partial charge in [0.1, 0.15) is 0 Å². The van der Waals surface area contributed by atoms with Crippen LogP contribution in [0, 0.1) is 0 Å². The molecular formula is C8H14O4Si2. The second-order valence-electron chi connectivity index (χ2n) is 2.87. The van der Waals surface area contributed by atoms with E-state index < -0.39 is 18.1 Å². The molecule has 0 aliphatic rings. The Morgan fingerprint density at radius 3 is 2.29 bits per heavy atom. The maximum atomic E-state index is 10.0. The Kier molecular flexibility index (Phi) is 3.99. The number of hydrogen-bond donors (Lipinski definition) is 2. The average molecular weight is 230 g/mol. The van der Waals surface area contributed by atoms with Gasteiger partial charge in [-0.15, -0.1) is 0 Å². The van der Waals surface area contributed by atoms with Crippen molar-refractivity contribution in [2.45, 2.75) is 6.55 Å². The highest BCUT2D eigenvalue weighted by molar-refractivity contribution is 6.78. The van der Waals surface area contributed by atoms with Gasteiger partial charge in [0.25, 0.3) is 0 Å². The Bertz CT molecular complexity index is 280. The lowest BCUT2D eigenvalue weighted by Gasteiger charge is -2.23. The summed E-state index contributed by atoms with van der Waals surface area (Å²) in [5.41, 5.74) is 0. The lowest BCUT2D eigenvalue weighted by Crippen LogP contribution is -2.56. The van der Waals surface area contributed by atoms with E-state index in [1.54, 1.807) is 30.8 Å². The van der Waals surface area contributed by atoms with Crippen LogP contribution < -0.4 is 5.19 Å². The minimum atomic E-state index is -3.35. The highest BCUT2D eigenvalue weighted by atomic mass is 28.4. The normalized spacial score (nSPS) is 17.4. The predicted octanol–water partition coefficient (Wildman–Crippen LogP) is -0.670. The summed E-state index contributed by atoms with van der Waals surface area (Å²) in [6.07, 6.45) is 0. The third-order valence-corrected chi connectivity index (χ3v) is 6.00. The van der Waals surface area contributed by atoms with Crippen molar-refractivity contribution in [3.8, 4) is 0 Å². The van der Waals surface area contributed by atoms with E-state index in [1.807, 2.05) is 6.07 Å². The maximum Gasteiger partial charge on any atom is 0.525 e. The van der Waals surface area contributed by atoms with Gasteiger partial charge in [0.05, 0.1) is 0 Å². The first-order valence-electron chi connectivity index (χ1n) is 4.27. The summed E-state index contributed by atoms with van der Waals surface area (Å²) in [4.78, 5) is 19.2. The summed E-state index contributed by atoms with van der Waals surface area (Å²) in [5, 5.41) is 0.607. The fraction of sp³-hybridized carbons (Fsp3) is 0.250. The van der Waals surface area contributed by atoms with Gasteiger partial charge in [-0.1, -0.05) is 30.3 Å². The lowest BCUT2D eigenvalue weighted by molar-refractivity contribution is 0.199. The Balaban J connectivity index is 2.90. The molecule has 14 heavy (non-hydrogen) atoms. The van der Waals surface area contributed by atoms with Crippen LogP contribution >= 0.6 is 0 Å². The molecule has 0 spiro atoms. The molecule has 6 heteroatoms. The highest BCUT2D eigenvalue weighted by Gasteiger charge is 2.39. The molecular weight excluding hydrogens is 216 g/mol. The quantitative estimate of drug-likeness (QED) is 0.674. The van der Waals surface area contributed by atoms with Crippen molar-refractivity contribution in [1.82, 2.24) is 0 Å². The van der Waals surface area contributed by atoms with Crippen molar-refractivity contribution >= 4 is 23.3 Å². The van der Waals surface area contributed by atoms with Crippen LogP contribution in [0.15, 0.2) is 30.3 Å². The molecule has 1 rings (SSSR count). The van der Waals surface area contributed by atoms with Gasteiger partial charge in [-0.3, -0.25) is 0 Å². The Hall–Kier alpha value is -0.506. The van der Waals surface area contributed by atoms with E-state index in [0.29, 0.717) is 5.19 Å². The van der Waals surface area contributed by atoms with Crippen LogP contribution in [0.3, 0.4) is 0 Å². The second-order valence-corrected chi connectivity index (χ2v) is 7.16. The first-order chi connectivity index (χ1) is 6.58. The standard InChI is InChI=1S/C8H14O4Si2/c1-11-14(10,12-13(2)9)8-6-4-3-5-7-8/h3-7,9-10,13H,1-2H3. The minimum Gasteiger partial charge on any atom is -0.413 e. The highest BCUT2D eigenvalue weighted by Crippen LogP contribution is 2.03. The van der Waals surface area contributed by atoms with Crippen LogP contribution in [0.25, 0.3) is 0 Å². The van der Waals surface area contributed by atoms with Crippen molar-refractivity contribution in [3.05, 3.63) is 30.3 Å². The fourth-order valence-electron chi connectivity index (χ4n) is 1.11. The van der Waals surface area contributed by atoms with Crippen LogP contribution in [0.1, 0.15) is 0 Å². The zero-order valence-corrected chi connectivity index (χ0v) is 10.3. The van der Waals surface area contributed by atoms with Crippen molar-refractivity contribution < 1.29 is 18.1 Å². The molecule has 4 nitrogen and oxygen atoms in total. The smallest absolute Gasteiger partial charge is 0.413 e. The summed E-state index contributed by atoms with van der Waals surface area (Å²) < 4.78 is 10.1. The van der Waals surface area contributed by atoms with Crippen LogP contribution in [0.4, 0.5) is 0 Å². The van der Waals surface area contributed by atoms with E-state index in [1.165, 1.54) is 7.11 Å². The monoisotopic (exact) mass is 230 g/mol. The van der Waals surface area contributed by atoms with Crippen molar-refractivity contribution in [2.75, 3.05) is 7.11 Å². The van der Waals surface area contributed by atoms with Gasteiger partial charge >= 0.3 is 18.1 Å². The molecule has 1 aromatic rings. The van der Waals surface area contributed by atoms with Crippen LogP contribution in [0.2, 0.25) is 6.55 Å². The summed E-state index contributed by atoms with van der Waals surface area (Å²) in [7, 11) is -4.26. The van der Waals surface area contributed by atoms with E-state index in [0.717, 1.165) is 0 Å². The molecule has 0 saturated heterocycles. The Morgan fingerprint density at radius 1 is 1.29 bits per heavy atom. The predicted molar refractivity (Wildman–Crippen MR) is 57.4 cm³/mol. The molecule has 2 unspecified atom stereocenters.